The van der Waals surface area contributed by atoms with Crippen molar-refractivity contribution in [1.82, 2.24) is 19.9 Å². The van der Waals surface area contributed by atoms with Crippen LogP contribution in [0.25, 0.3) is 22.2 Å². The first-order valence-electron chi connectivity index (χ1n) is 12.7. The van der Waals surface area contributed by atoms with Crippen molar-refractivity contribution >= 4 is 34.0 Å². The van der Waals surface area contributed by atoms with Gasteiger partial charge in [0, 0.05) is 48.5 Å². The summed E-state index contributed by atoms with van der Waals surface area (Å²) in [6, 6.07) is 13.6. The first kappa shape index (κ1) is 26.2. The molecule has 4 aromatic rings. The predicted octanol–water partition coefficient (Wildman–Crippen LogP) is 4.80. The van der Waals surface area contributed by atoms with E-state index < -0.39 is 0 Å². The normalized spacial score (nSPS) is 13.7. The molecule has 2 N–H and O–H groups in total. The second kappa shape index (κ2) is 12.4. The van der Waals surface area contributed by atoms with Crippen LogP contribution in [0.3, 0.4) is 0 Å². The van der Waals surface area contributed by atoms with Gasteiger partial charge in [-0.1, -0.05) is 18.7 Å². The Hall–Kier alpha value is -4.41. The van der Waals surface area contributed by atoms with Crippen LogP contribution in [0, 0.1) is 5.82 Å². The van der Waals surface area contributed by atoms with Crippen LogP contribution in [-0.4, -0.2) is 65.2 Å². The monoisotopic (exact) mass is 528 g/mol. The van der Waals surface area contributed by atoms with Crippen LogP contribution >= 0.6 is 0 Å². The quantitative estimate of drug-likeness (QED) is 0.224. The van der Waals surface area contributed by atoms with E-state index in [4.69, 9.17) is 9.47 Å². The van der Waals surface area contributed by atoms with Gasteiger partial charge in [-0.25, -0.2) is 14.4 Å². The van der Waals surface area contributed by atoms with Crippen molar-refractivity contribution in [2.24, 2.45) is 0 Å². The van der Waals surface area contributed by atoms with Gasteiger partial charge in [-0.3, -0.25) is 14.7 Å². The molecule has 2 aromatic carbocycles. The van der Waals surface area contributed by atoms with Crippen LogP contribution in [0.2, 0.25) is 0 Å². The molecule has 0 atom stereocenters. The lowest BCUT2D eigenvalue weighted by Gasteiger charge is -2.26. The summed E-state index contributed by atoms with van der Waals surface area (Å²) in [5.74, 6) is 0.311. The summed E-state index contributed by atoms with van der Waals surface area (Å²) in [4.78, 5) is 27.7. The summed E-state index contributed by atoms with van der Waals surface area (Å²) in [5, 5.41) is 6.77. The molecule has 1 aliphatic rings. The number of nitrogens with one attached hydrogen (secondary N) is 2. The summed E-state index contributed by atoms with van der Waals surface area (Å²) < 4.78 is 25.8. The lowest BCUT2D eigenvalue weighted by molar-refractivity contribution is -0.111. The summed E-state index contributed by atoms with van der Waals surface area (Å²) in [5.41, 5.74) is 2.68. The van der Waals surface area contributed by atoms with Gasteiger partial charge in [0.05, 0.1) is 36.7 Å². The molecule has 3 heterocycles. The van der Waals surface area contributed by atoms with E-state index in [1.165, 1.54) is 18.5 Å². The summed E-state index contributed by atoms with van der Waals surface area (Å²) in [6.07, 6.45) is 5.09. The van der Waals surface area contributed by atoms with Gasteiger partial charge in [-0.15, -0.1) is 0 Å². The molecule has 5 rings (SSSR count). The Morgan fingerprint density at radius 2 is 1.97 bits per heavy atom. The first-order chi connectivity index (χ1) is 19.1. The number of benzene rings is 2. The minimum Gasteiger partial charge on any atom is -0.491 e. The highest BCUT2D eigenvalue weighted by Gasteiger charge is 2.15. The molecule has 10 heteroatoms. The van der Waals surface area contributed by atoms with E-state index in [0.717, 1.165) is 39.3 Å². The van der Waals surface area contributed by atoms with Gasteiger partial charge in [0.1, 0.15) is 23.7 Å². The molecule has 0 radical (unpaired) electrons. The molecule has 200 valence electrons. The van der Waals surface area contributed by atoms with Gasteiger partial charge in [0.15, 0.2) is 0 Å². The number of morpholine rings is 1. The van der Waals surface area contributed by atoms with Crippen LogP contribution in [0.4, 0.5) is 21.6 Å². The molecule has 0 aliphatic carbocycles. The predicted molar refractivity (Wildman–Crippen MR) is 149 cm³/mol. The summed E-state index contributed by atoms with van der Waals surface area (Å²) in [7, 11) is 0. The van der Waals surface area contributed by atoms with E-state index in [9.17, 15) is 9.18 Å². The molecule has 0 spiro atoms. The molecule has 9 nitrogen and oxygen atoms in total. The summed E-state index contributed by atoms with van der Waals surface area (Å²) >= 11 is 0. The highest BCUT2D eigenvalue weighted by Crippen LogP contribution is 2.34. The van der Waals surface area contributed by atoms with Gasteiger partial charge in [-0.05, 0) is 42.8 Å². The van der Waals surface area contributed by atoms with Crippen LogP contribution in [0.15, 0.2) is 73.7 Å². The fraction of sp³-hybridized carbons (Fsp3) is 0.241. The lowest BCUT2D eigenvalue weighted by atomic mass is 10.1. The molecule has 39 heavy (non-hydrogen) atoms. The van der Waals surface area contributed by atoms with Crippen LogP contribution < -0.4 is 15.4 Å². The number of halogens is 1. The van der Waals surface area contributed by atoms with Gasteiger partial charge < -0.3 is 20.1 Å². The maximum absolute atomic E-state index is 14.3. The molecule has 0 saturated carbocycles. The van der Waals surface area contributed by atoms with Gasteiger partial charge in [0.25, 0.3) is 0 Å². The lowest BCUT2D eigenvalue weighted by Crippen LogP contribution is -2.37. The maximum atomic E-state index is 14.3. The Labute approximate surface area is 225 Å². The summed E-state index contributed by atoms with van der Waals surface area (Å²) in [6.45, 7) is 8.28. The van der Waals surface area contributed by atoms with Crippen molar-refractivity contribution in [3.63, 3.8) is 0 Å². The minimum absolute atomic E-state index is 0.352. The minimum atomic E-state index is -0.359. The molecule has 0 unspecified atom stereocenters. The van der Waals surface area contributed by atoms with E-state index in [-0.39, 0.29) is 11.7 Å². The average molecular weight is 529 g/mol. The van der Waals surface area contributed by atoms with E-state index >= 15 is 0 Å². The second-order valence-corrected chi connectivity index (χ2v) is 8.97. The molecule has 1 amide bonds. The number of carbonyl (C=O) groups excluding carboxylic acids is 1. The number of ether oxygens (including phenoxy) is 2. The fourth-order valence-corrected chi connectivity index (χ4v) is 4.34. The number of hydrogen-bond donors (Lipinski definition) is 2. The number of pyridine rings is 1. The Morgan fingerprint density at radius 3 is 2.79 bits per heavy atom. The van der Waals surface area contributed by atoms with Crippen molar-refractivity contribution in [2.45, 2.75) is 6.42 Å². The molecule has 1 aliphatic heterocycles. The zero-order chi connectivity index (χ0) is 27.0. The third-order valence-corrected chi connectivity index (χ3v) is 6.33. The number of anilines is 3. The fourth-order valence-electron chi connectivity index (χ4n) is 4.34. The molecule has 0 bridgehead atoms. The number of aromatic nitrogens is 3. The van der Waals surface area contributed by atoms with Crippen LogP contribution in [0.1, 0.15) is 6.42 Å². The van der Waals surface area contributed by atoms with E-state index in [1.807, 2.05) is 0 Å². The highest BCUT2D eigenvalue weighted by molar-refractivity contribution is 6.03. The van der Waals surface area contributed by atoms with E-state index in [2.05, 4.69) is 37.1 Å². The SMILES string of the molecule is C=CC(=O)Nc1cc2c(Nc3ccnc(-c4ccccc4F)c3)ncnc2cc1OCCCN1CCOCC1. The molecular formula is C29H29FN6O3. The number of fused-ring (bicyclic) bond motifs is 1. The number of amides is 1. The topological polar surface area (TPSA) is 102 Å². The molecule has 2 aromatic heterocycles. The number of nitrogens with zero attached hydrogens (tertiary/aromatic N) is 4. The second-order valence-electron chi connectivity index (χ2n) is 8.97. The largest absolute Gasteiger partial charge is 0.491 e. The Morgan fingerprint density at radius 1 is 1.13 bits per heavy atom. The van der Waals surface area contributed by atoms with Crippen LogP contribution in [-0.2, 0) is 9.53 Å². The number of rotatable bonds is 10. The Balaban J connectivity index is 1.39. The smallest absolute Gasteiger partial charge is 0.247 e. The first-order valence-corrected chi connectivity index (χ1v) is 12.7. The highest BCUT2D eigenvalue weighted by atomic mass is 19.1. The van der Waals surface area contributed by atoms with Crippen molar-refractivity contribution in [2.75, 3.05) is 50.1 Å². The third-order valence-electron chi connectivity index (χ3n) is 6.33. The Kier molecular flexibility index (Phi) is 8.35. The number of carbonyl (C=O) groups is 1. The number of hydrogen-bond acceptors (Lipinski definition) is 8. The van der Waals surface area contributed by atoms with Crippen molar-refractivity contribution in [3.8, 4) is 17.0 Å². The molecule has 1 fully saturated rings. The molecular weight excluding hydrogens is 499 g/mol. The van der Waals surface area contributed by atoms with Crippen molar-refractivity contribution in [3.05, 3.63) is 79.5 Å². The Bertz CT molecular complexity index is 1470. The van der Waals surface area contributed by atoms with E-state index in [0.29, 0.717) is 51.7 Å². The zero-order valence-electron chi connectivity index (χ0n) is 21.4. The average Bonchev–Trinajstić information content (AvgIpc) is 2.96. The van der Waals surface area contributed by atoms with Crippen molar-refractivity contribution in [1.29, 1.82) is 0 Å². The zero-order valence-corrected chi connectivity index (χ0v) is 21.4. The van der Waals surface area contributed by atoms with Crippen molar-refractivity contribution < 1.29 is 18.7 Å². The maximum Gasteiger partial charge on any atom is 0.247 e. The van der Waals surface area contributed by atoms with E-state index in [1.54, 1.807) is 48.7 Å². The van der Waals surface area contributed by atoms with Crippen LogP contribution in [0.5, 0.6) is 5.75 Å². The van der Waals surface area contributed by atoms with Gasteiger partial charge in [-0.2, -0.15) is 0 Å². The molecule has 1 saturated heterocycles. The standard InChI is InChI=1S/C29H29FN6O3/c1-2-28(37)35-26-17-22-25(18-27(26)39-13-5-10-36-11-14-38-15-12-36)32-19-33-29(22)34-20-8-9-31-24(16-20)21-6-3-4-7-23(21)30/h2-4,6-9,16-19H,1,5,10-15H2,(H,35,37)(H,31,32,33,34). The van der Waals surface area contributed by atoms with Gasteiger partial charge in [0.2, 0.25) is 5.91 Å². The third kappa shape index (κ3) is 6.54. The van der Waals surface area contributed by atoms with Gasteiger partial charge >= 0.3 is 0 Å².